The maximum Gasteiger partial charge on any atom is 0.407 e. The van der Waals surface area contributed by atoms with Crippen molar-refractivity contribution in [3.05, 3.63) is 17.8 Å². The Morgan fingerprint density at radius 1 is 1.61 bits per heavy atom. The number of hydrogen-bond acceptors (Lipinski definition) is 5. The van der Waals surface area contributed by atoms with Crippen molar-refractivity contribution in [1.82, 2.24) is 10.3 Å². The number of carbonyl (C=O) groups excluding carboxylic acids is 1. The van der Waals surface area contributed by atoms with Crippen molar-refractivity contribution in [1.29, 1.82) is 0 Å². The van der Waals surface area contributed by atoms with Crippen LogP contribution >= 0.6 is 0 Å². The molecule has 6 nitrogen and oxygen atoms in total. The summed E-state index contributed by atoms with van der Waals surface area (Å²) in [5, 5.41) is 2.79. The Labute approximate surface area is 106 Å². The van der Waals surface area contributed by atoms with Crippen LogP contribution in [0.25, 0.3) is 0 Å². The predicted molar refractivity (Wildman–Crippen MR) is 69.5 cm³/mol. The van der Waals surface area contributed by atoms with Crippen LogP contribution in [0.1, 0.15) is 12.1 Å². The lowest BCUT2D eigenvalue weighted by molar-refractivity contribution is 0.167. The molecule has 3 N–H and O–H groups in total. The molecule has 1 aromatic heterocycles. The summed E-state index contributed by atoms with van der Waals surface area (Å²) >= 11 is 0. The highest BCUT2D eigenvalue weighted by Crippen LogP contribution is 2.24. The van der Waals surface area contributed by atoms with Crippen molar-refractivity contribution >= 4 is 17.6 Å². The van der Waals surface area contributed by atoms with Crippen LogP contribution in [-0.2, 0) is 4.74 Å². The molecule has 2 heterocycles. The second kappa shape index (κ2) is 5.12. The van der Waals surface area contributed by atoms with Crippen LogP contribution in [0.3, 0.4) is 0 Å². The quantitative estimate of drug-likeness (QED) is 0.815. The lowest BCUT2D eigenvalue weighted by atomic mass is 10.3. The van der Waals surface area contributed by atoms with Crippen LogP contribution in [-0.4, -0.2) is 37.3 Å². The first-order valence-corrected chi connectivity index (χ1v) is 5.92. The minimum atomic E-state index is -0.396. The molecule has 6 heteroatoms. The van der Waals surface area contributed by atoms with E-state index in [2.05, 4.69) is 19.9 Å². The van der Waals surface area contributed by atoms with Gasteiger partial charge in [0, 0.05) is 18.8 Å². The van der Waals surface area contributed by atoms with E-state index in [-0.39, 0.29) is 6.04 Å². The van der Waals surface area contributed by atoms with Crippen LogP contribution in [0.5, 0.6) is 0 Å². The van der Waals surface area contributed by atoms with Gasteiger partial charge in [-0.3, -0.25) is 0 Å². The van der Waals surface area contributed by atoms with Gasteiger partial charge in [0.15, 0.2) is 5.82 Å². The molecule has 1 saturated heterocycles. The highest BCUT2D eigenvalue weighted by atomic mass is 16.5. The van der Waals surface area contributed by atoms with E-state index in [9.17, 15) is 4.79 Å². The molecule has 0 aromatic carbocycles. The van der Waals surface area contributed by atoms with Crippen LogP contribution in [0.15, 0.2) is 12.1 Å². The highest BCUT2D eigenvalue weighted by Gasteiger charge is 2.26. The SMILES string of the molecule is COC(=O)NC1CCN(c2nc(C)ccc2N)C1. The molecule has 0 radical (unpaired) electrons. The van der Waals surface area contributed by atoms with Crippen LogP contribution < -0.4 is 16.0 Å². The molecule has 0 spiro atoms. The standard InChI is InChI=1S/C12H18N4O2/c1-8-3-4-10(13)11(14-8)16-6-5-9(7-16)15-12(17)18-2/h3-4,9H,5-7,13H2,1-2H3,(H,15,17). The molecule has 1 amide bonds. The molecule has 2 rings (SSSR count). The van der Waals surface area contributed by atoms with E-state index in [1.165, 1.54) is 7.11 Å². The van der Waals surface area contributed by atoms with Gasteiger partial charge in [-0.1, -0.05) is 0 Å². The average molecular weight is 250 g/mol. The number of alkyl carbamates (subject to hydrolysis) is 1. The molecule has 0 saturated carbocycles. The number of rotatable bonds is 2. The Morgan fingerprint density at radius 3 is 3.11 bits per heavy atom. The molecule has 0 aliphatic carbocycles. The number of anilines is 2. The summed E-state index contributed by atoms with van der Waals surface area (Å²) < 4.78 is 4.59. The molecule has 98 valence electrons. The van der Waals surface area contributed by atoms with Crippen molar-refractivity contribution in [2.75, 3.05) is 30.8 Å². The summed E-state index contributed by atoms with van der Waals surface area (Å²) in [6, 6.07) is 3.83. The van der Waals surface area contributed by atoms with E-state index in [1.54, 1.807) is 0 Å². The lowest BCUT2D eigenvalue weighted by Gasteiger charge is -2.19. The van der Waals surface area contributed by atoms with Crippen molar-refractivity contribution < 1.29 is 9.53 Å². The molecule has 1 unspecified atom stereocenters. The maximum absolute atomic E-state index is 11.1. The molecule has 1 atom stereocenters. The second-order valence-electron chi connectivity index (χ2n) is 4.43. The zero-order valence-corrected chi connectivity index (χ0v) is 10.6. The van der Waals surface area contributed by atoms with E-state index in [1.807, 2.05) is 19.1 Å². The molecule has 18 heavy (non-hydrogen) atoms. The van der Waals surface area contributed by atoms with Gasteiger partial charge in [0.1, 0.15) is 0 Å². The zero-order valence-electron chi connectivity index (χ0n) is 10.6. The third-order valence-corrected chi connectivity index (χ3v) is 3.04. The first kappa shape index (κ1) is 12.5. The van der Waals surface area contributed by atoms with Gasteiger partial charge in [0.2, 0.25) is 0 Å². The topological polar surface area (TPSA) is 80.5 Å². The van der Waals surface area contributed by atoms with Gasteiger partial charge in [-0.15, -0.1) is 0 Å². The van der Waals surface area contributed by atoms with Crippen LogP contribution in [0.4, 0.5) is 16.3 Å². The molecule has 0 bridgehead atoms. The number of hydrogen-bond donors (Lipinski definition) is 2. The number of aromatic nitrogens is 1. The first-order valence-electron chi connectivity index (χ1n) is 5.92. The molecule has 1 aliphatic rings. The normalized spacial score (nSPS) is 18.8. The van der Waals surface area contributed by atoms with Crippen molar-refractivity contribution in [2.45, 2.75) is 19.4 Å². The molecule has 1 aliphatic heterocycles. The number of nitrogens with zero attached hydrogens (tertiary/aromatic N) is 2. The Hall–Kier alpha value is -1.98. The monoisotopic (exact) mass is 250 g/mol. The smallest absolute Gasteiger partial charge is 0.407 e. The summed E-state index contributed by atoms with van der Waals surface area (Å²) in [6.45, 7) is 3.47. The summed E-state index contributed by atoms with van der Waals surface area (Å²) in [5.41, 5.74) is 7.53. The summed E-state index contributed by atoms with van der Waals surface area (Å²) in [5.74, 6) is 0.796. The molecule has 1 fully saturated rings. The van der Waals surface area contributed by atoms with E-state index in [0.29, 0.717) is 12.2 Å². The van der Waals surface area contributed by atoms with Gasteiger partial charge in [0.05, 0.1) is 18.8 Å². The number of carbonyl (C=O) groups is 1. The van der Waals surface area contributed by atoms with Gasteiger partial charge >= 0.3 is 6.09 Å². The minimum absolute atomic E-state index is 0.0826. The number of pyridine rings is 1. The number of ether oxygens (including phenoxy) is 1. The van der Waals surface area contributed by atoms with Crippen LogP contribution in [0, 0.1) is 6.92 Å². The van der Waals surface area contributed by atoms with Crippen molar-refractivity contribution in [2.24, 2.45) is 0 Å². The van der Waals surface area contributed by atoms with Gasteiger partial charge in [-0.25, -0.2) is 9.78 Å². The van der Waals surface area contributed by atoms with E-state index < -0.39 is 6.09 Å². The van der Waals surface area contributed by atoms with Gasteiger partial charge in [-0.2, -0.15) is 0 Å². The summed E-state index contributed by atoms with van der Waals surface area (Å²) in [4.78, 5) is 17.7. The fraction of sp³-hybridized carbons (Fsp3) is 0.500. The van der Waals surface area contributed by atoms with Gasteiger partial charge in [-0.05, 0) is 25.5 Å². The predicted octanol–water partition coefficient (Wildman–Crippen LogP) is 0.907. The van der Waals surface area contributed by atoms with E-state index in [4.69, 9.17) is 5.73 Å². The number of nitrogen functional groups attached to an aromatic ring is 1. The third kappa shape index (κ3) is 2.64. The number of nitrogens with two attached hydrogens (primary N) is 1. The highest BCUT2D eigenvalue weighted by molar-refractivity contribution is 5.68. The van der Waals surface area contributed by atoms with Gasteiger partial charge in [0.25, 0.3) is 0 Å². The molecular formula is C12H18N4O2. The summed E-state index contributed by atoms with van der Waals surface area (Å²) in [6.07, 6.45) is 0.469. The Bertz CT molecular complexity index is 450. The average Bonchev–Trinajstić information content (AvgIpc) is 2.80. The Kier molecular flexibility index (Phi) is 3.55. The number of aryl methyl sites for hydroxylation is 1. The molecule has 1 aromatic rings. The summed E-state index contributed by atoms with van der Waals surface area (Å²) in [7, 11) is 1.36. The number of amides is 1. The zero-order chi connectivity index (χ0) is 13.1. The van der Waals surface area contributed by atoms with Crippen molar-refractivity contribution in [3.63, 3.8) is 0 Å². The van der Waals surface area contributed by atoms with Crippen molar-refractivity contribution in [3.8, 4) is 0 Å². The number of nitrogens with one attached hydrogen (secondary N) is 1. The minimum Gasteiger partial charge on any atom is -0.453 e. The lowest BCUT2D eigenvalue weighted by Crippen LogP contribution is -2.37. The van der Waals surface area contributed by atoms with Gasteiger partial charge < -0.3 is 20.7 Å². The number of methoxy groups -OCH3 is 1. The Morgan fingerprint density at radius 2 is 2.39 bits per heavy atom. The Balaban J connectivity index is 2.04. The first-order chi connectivity index (χ1) is 8.60. The van der Waals surface area contributed by atoms with Crippen LogP contribution in [0.2, 0.25) is 0 Å². The van der Waals surface area contributed by atoms with E-state index >= 15 is 0 Å². The third-order valence-electron chi connectivity index (χ3n) is 3.04. The van der Waals surface area contributed by atoms with E-state index in [0.717, 1.165) is 24.5 Å². The molecular weight excluding hydrogens is 232 g/mol. The fourth-order valence-corrected chi connectivity index (χ4v) is 2.10. The second-order valence-corrected chi connectivity index (χ2v) is 4.43. The largest absolute Gasteiger partial charge is 0.453 e. The maximum atomic E-state index is 11.1. The fourth-order valence-electron chi connectivity index (χ4n) is 2.10.